The Morgan fingerprint density at radius 3 is 2.63 bits per heavy atom. The van der Waals surface area contributed by atoms with Crippen molar-refractivity contribution in [2.75, 3.05) is 31.1 Å². The molecule has 3 atom stereocenters. The van der Waals surface area contributed by atoms with Gasteiger partial charge < -0.3 is 30.1 Å². The Kier molecular flexibility index (Phi) is 9.62. The Morgan fingerprint density at radius 1 is 1.16 bits per heavy atom. The molecule has 3 aliphatic rings. The number of ether oxygens (including phenoxy) is 1. The van der Waals surface area contributed by atoms with Crippen LogP contribution in [0.3, 0.4) is 0 Å². The van der Waals surface area contributed by atoms with Crippen molar-refractivity contribution in [2.45, 2.75) is 77.1 Å². The van der Waals surface area contributed by atoms with Crippen LogP contribution in [-0.2, 0) is 14.4 Å². The van der Waals surface area contributed by atoms with Crippen molar-refractivity contribution < 1.29 is 28.0 Å². The van der Waals surface area contributed by atoms with Crippen LogP contribution in [0.1, 0.15) is 76.1 Å². The Labute approximate surface area is 251 Å². The Morgan fingerprint density at radius 2 is 1.95 bits per heavy atom. The summed E-state index contributed by atoms with van der Waals surface area (Å²) >= 11 is 0. The van der Waals surface area contributed by atoms with Crippen LogP contribution >= 0.6 is 0 Å². The molecule has 12 heteroatoms. The van der Waals surface area contributed by atoms with Gasteiger partial charge in [0.15, 0.2) is 5.82 Å². The van der Waals surface area contributed by atoms with E-state index < -0.39 is 18.3 Å². The number of amides is 3. The Balaban J connectivity index is 1.09. The molecular weight excluding hydrogens is 555 g/mol. The molecule has 0 saturated carbocycles. The van der Waals surface area contributed by atoms with E-state index in [9.17, 15) is 14.4 Å². The van der Waals surface area contributed by atoms with Gasteiger partial charge in [-0.25, -0.2) is 4.39 Å². The lowest BCUT2D eigenvalue weighted by atomic mass is 9.86. The van der Waals surface area contributed by atoms with E-state index in [0.29, 0.717) is 75.7 Å². The first-order chi connectivity index (χ1) is 20.7. The number of halogens is 1. The van der Waals surface area contributed by atoms with Crippen molar-refractivity contribution in [1.29, 1.82) is 0 Å². The summed E-state index contributed by atoms with van der Waals surface area (Å²) in [5.74, 6) is -0.139. The lowest BCUT2D eigenvalue weighted by molar-refractivity contribution is -0.138. The van der Waals surface area contributed by atoms with E-state index >= 15 is 4.39 Å². The van der Waals surface area contributed by atoms with Gasteiger partial charge in [0.25, 0.3) is 0 Å². The van der Waals surface area contributed by atoms with Gasteiger partial charge in [-0.2, -0.15) is 4.98 Å². The predicted molar refractivity (Wildman–Crippen MR) is 158 cm³/mol. The van der Waals surface area contributed by atoms with E-state index in [0.717, 1.165) is 17.6 Å². The van der Waals surface area contributed by atoms with Crippen molar-refractivity contribution in [3.8, 4) is 5.75 Å². The topological polar surface area (TPSA) is 144 Å². The number of benzene rings is 1. The lowest BCUT2D eigenvalue weighted by Crippen LogP contribution is -2.48. The van der Waals surface area contributed by atoms with Gasteiger partial charge in [-0.1, -0.05) is 37.2 Å². The molecule has 3 N–H and O–H groups in total. The molecule has 43 heavy (non-hydrogen) atoms. The summed E-state index contributed by atoms with van der Waals surface area (Å²) in [7, 11) is 0. The highest BCUT2D eigenvalue weighted by molar-refractivity contribution is 5.90. The molecule has 3 heterocycles. The molecule has 1 aromatic carbocycles. The molecule has 0 bridgehead atoms. The van der Waals surface area contributed by atoms with E-state index in [1.807, 2.05) is 43.0 Å². The van der Waals surface area contributed by atoms with E-state index in [-0.39, 0.29) is 36.1 Å². The zero-order valence-electron chi connectivity index (χ0n) is 24.8. The van der Waals surface area contributed by atoms with E-state index in [1.54, 1.807) is 6.07 Å². The maximum atomic E-state index is 15.2. The van der Waals surface area contributed by atoms with Crippen LogP contribution in [0.15, 0.2) is 34.9 Å². The van der Waals surface area contributed by atoms with Crippen LogP contribution in [-0.4, -0.2) is 71.3 Å². The number of anilines is 1. The van der Waals surface area contributed by atoms with Gasteiger partial charge in [0.1, 0.15) is 11.8 Å². The largest absolute Gasteiger partial charge is 0.460 e. The molecule has 11 nitrogen and oxygen atoms in total. The summed E-state index contributed by atoms with van der Waals surface area (Å²) in [5.41, 5.74) is 7.42. The minimum absolute atomic E-state index is 0.144. The monoisotopic (exact) mass is 596 g/mol. The highest BCUT2D eigenvalue weighted by atomic mass is 19.1. The average Bonchev–Trinajstić information content (AvgIpc) is 3.71. The lowest BCUT2D eigenvalue weighted by Gasteiger charge is -2.32. The third kappa shape index (κ3) is 7.34. The van der Waals surface area contributed by atoms with E-state index in [1.165, 1.54) is 4.90 Å². The Bertz CT molecular complexity index is 1340. The highest BCUT2D eigenvalue weighted by Gasteiger charge is 2.33. The number of rotatable bonds is 10. The molecule has 2 aliphatic heterocycles. The van der Waals surface area contributed by atoms with Crippen molar-refractivity contribution in [3.63, 3.8) is 0 Å². The number of hydrogen-bond donors (Lipinski definition) is 2. The molecular formula is C31H41FN6O5. The fraction of sp³-hybridized carbons (Fsp3) is 0.581. The summed E-state index contributed by atoms with van der Waals surface area (Å²) in [6.07, 6.45) is 4.97. The molecule has 0 spiro atoms. The molecule has 1 aromatic heterocycles. The second-order valence-corrected chi connectivity index (χ2v) is 12.0. The number of carbonyl (C=O) groups is 3. The molecule has 0 radical (unpaired) electrons. The third-order valence-electron chi connectivity index (χ3n) is 8.68. The number of nitrogens with zero attached hydrogens (tertiary/aromatic N) is 4. The van der Waals surface area contributed by atoms with Gasteiger partial charge in [0.2, 0.25) is 24.1 Å². The number of primary amides is 1. The van der Waals surface area contributed by atoms with Crippen LogP contribution in [0, 0.1) is 11.8 Å². The highest BCUT2D eigenvalue weighted by Crippen LogP contribution is 2.33. The first-order valence-corrected chi connectivity index (χ1v) is 15.2. The zero-order chi connectivity index (χ0) is 30.5. The van der Waals surface area contributed by atoms with Crippen molar-refractivity contribution in [2.24, 2.45) is 17.6 Å². The average molecular weight is 597 g/mol. The number of aromatic nitrogens is 2. The van der Waals surface area contributed by atoms with Crippen LogP contribution in [0.5, 0.6) is 5.75 Å². The number of nitrogens with two attached hydrogens (primary N) is 1. The number of piperidine rings is 1. The quantitative estimate of drug-likeness (QED) is 0.424. The van der Waals surface area contributed by atoms with Gasteiger partial charge in [0, 0.05) is 37.4 Å². The molecule has 2 aromatic rings. The van der Waals surface area contributed by atoms with Crippen LogP contribution in [0.25, 0.3) is 5.57 Å². The normalized spacial score (nSPS) is 21.9. The minimum atomic E-state index is -1.43. The van der Waals surface area contributed by atoms with E-state index in [4.69, 9.17) is 15.0 Å². The molecule has 1 aliphatic carbocycles. The first-order valence-electron chi connectivity index (χ1n) is 15.2. The molecule has 232 valence electrons. The van der Waals surface area contributed by atoms with E-state index in [2.05, 4.69) is 15.5 Å². The summed E-state index contributed by atoms with van der Waals surface area (Å²) < 4.78 is 26.3. The third-order valence-corrected chi connectivity index (χ3v) is 8.68. The maximum absolute atomic E-state index is 15.2. The summed E-state index contributed by atoms with van der Waals surface area (Å²) in [4.78, 5) is 44.7. The second kappa shape index (κ2) is 13.6. The molecule has 5 rings (SSSR count). The second-order valence-electron chi connectivity index (χ2n) is 12.0. The Hall–Kier alpha value is -3.96. The molecule has 2 unspecified atom stereocenters. The van der Waals surface area contributed by atoms with Crippen molar-refractivity contribution in [1.82, 2.24) is 20.4 Å². The van der Waals surface area contributed by atoms with Gasteiger partial charge in [-0.3, -0.25) is 14.4 Å². The number of likely N-dealkylation sites (tertiary alicyclic amines) is 1. The number of carbonyl (C=O) groups excluding carboxylic acids is 3. The van der Waals surface area contributed by atoms with Gasteiger partial charge >= 0.3 is 6.01 Å². The van der Waals surface area contributed by atoms with Gasteiger partial charge in [-0.15, -0.1) is 0 Å². The van der Waals surface area contributed by atoms with Crippen molar-refractivity contribution in [3.05, 3.63) is 41.7 Å². The maximum Gasteiger partial charge on any atom is 0.324 e. The van der Waals surface area contributed by atoms with Crippen LogP contribution < -0.4 is 20.7 Å². The van der Waals surface area contributed by atoms with Crippen LogP contribution in [0.4, 0.5) is 10.4 Å². The number of hydrogen-bond acceptors (Lipinski definition) is 8. The summed E-state index contributed by atoms with van der Waals surface area (Å²) in [6.45, 7) is 5.59. The standard InChI is InChI=1S/C31H41FN6O5/c1-19(2)29-35-31(43-36-29)37-15-12-21(13-16-37)27(32)42-24-6-3-5-23(17-24)20-8-10-22(11-9-20)30(41)34-18-26(39)38-14-4-7-25(38)28(33)40/h3,5-6,8,17,19,21-22,25,27H,4,7,9-16,18H2,1-2H3,(H2,33,40)(H,34,41)/t22?,25-,27?/m0/s1. The summed E-state index contributed by atoms with van der Waals surface area (Å²) in [5, 5.41) is 6.75. The number of allylic oxidation sites excluding steroid dienone is 2. The molecule has 2 fully saturated rings. The van der Waals surface area contributed by atoms with Crippen LogP contribution in [0.2, 0.25) is 0 Å². The van der Waals surface area contributed by atoms with Crippen molar-refractivity contribution >= 4 is 29.3 Å². The molecule has 3 amide bonds. The predicted octanol–water partition coefficient (Wildman–Crippen LogP) is 3.56. The SMILES string of the molecule is CC(C)c1noc(N2CCC(C(F)Oc3cccc(C4=CCC(C(=O)NCC(=O)N5CCC[C@H]5C(N)=O)CC4)c3)CC2)n1. The fourth-order valence-corrected chi connectivity index (χ4v) is 6.04. The fourth-order valence-electron chi connectivity index (χ4n) is 6.04. The number of nitrogens with one attached hydrogen (secondary N) is 1. The minimum Gasteiger partial charge on any atom is -0.460 e. The number of alkyl halides is 1. The van der Waals surface area contributed by atoms with Gasteiger partial charge in [-0.05, 0) is 68.2 Å². The zero-order valence-corrected chi connectivity index (χ0v) is 24.8. The molecule has 2 saturated heterocycles. The summed E-state index contributed by atoms with van der Waals surface area (Å²) in [6, 6.07) is 7.32. The first kappa shape index (κ1) is 30.5. The smallest absolute Gasteiger partial charge is 0.324 e. The van der Waals surface area contributed by atoms with Gasteiger partial charge in [0.05, 0.1) is 6.54 Å².